The SMILES string of the molecule is CNc1cccc(N(C)CC2(O)CCCC2)n1. The van der Waals surface area contributed by atoms with E-state index in [1.54, 1.807) is 0 Å². The van der Waals surface area contributed by atoms with E-state index in [0.717, 1.165) is 37.3 Å². The fourth-order valence-electron chi connectivity index (χ4n) is 2.49. The van der Waals surface area contributed by atoms with Gasteiger partial charge in [0.2, 0.25) is 0 Å². The van der Waals surface area contributed by atoms with E-state index in [4.69, 9.17) is 0 Å². The molecule has 0 saturated heterocycles. The van der Waals surface area contributed by atoms with Gasteiger partial charge in [0.05, 0.1) is 5.60 Å². The van der Waals surface area contributed by atoms with Crippen LogP contribution in [0.3, 0.4) is 0 Å². The zero-order valence-electron chi connectivity index (χ0n) is 10.6. The predicted molar refractivity (Wildman–Crippen MR) is 70.5 cm³/mol. The molecule has 0 unspecified atom stereocenters. The maximum absolute atomic E-state index is 10.4. The van der Waals surface area contributed by atoms with Crippen molar-refractivity contribution < 1.29 is 5.11 Å². The first-order valence-corrected chi connectivity index (χ1v) is 6.21. The smallest absolute Gasteiger partial charge is 0.130 e. The number of nitrogens with one attached hydrogen (secondary N) is 1. The van der Waals surface area contributed by atoms with Gasteiger partial charge in [-0.25, -0.2) is 4.98 Å². The lowest BCUT2D eigenvalue weighted by atomic mass is 10.0. The molecule has 17 heavy (non-hydrogen) atoms. The molecule has 0 amide bonds. The number of anilines is 2. The number of aliphatic hydroxyl groups is 1. The molecule has 0 aromatic carbocycles. The third-order valence-electron chi connectivity index (χ3n) is 3.45. The molecule has 1 saturated carbocycles. The van der Waals surface area contributed by atoms with Gasteiger partial charge >= 0.3 is 0 Å². The summed E-state index contributed by atoms with van der Waals surface area (Å²) in [4.78, 5) is 6.50. The van der Waals surface area contributed by atoms with Gasteiger partial charge in [0.25, 0.3) is 0 Å². The Hall–Kier alpha value is -1.29. The van der Waals surface area contributed by atoms with Crippen molar-refractivity contribution in [1.29, 1.82) is 0 Å². The molecule has 0 spiro atoms. The summed E-state index contributed by atoms with van der Waals surface area (Å²) in [6.07, 6.45) is 4.08. The Labute approximate surface area is 103 Å². The van der Waals surface area contributed by atoms with Gasteiger partial charge in [-0.05, 0) is 25.0 Å². The second-order valence-electron chi connectivity index (χ2n) is 4.92. The number of likely N-dealkylation sites (N-methyl/N-ethyl adjacent to an activating group) is 1. The predicted octanol–water partition coefficient (Wildman–Crippen LogP) is 1.86. The highest BCUT2D eigenvalue weighted by molar-refractivity contribution is 5.46. The van der Waals surface area contributed by atoms with Crippen molar-refractivity contribution in [3.8, 4) is 0 Å². The number of rotatable bonds is 4. The van der Waals surface area contributed by atoms with Crippen molar-refractivity contribution in [2.45, 2.75) is 31.3 Å². The Balaban J connectivity index is 2.05. The average Bonchev–Trinajstić information content (AvgIpc) is 2.76. The number of nitrogens with zero attached hydrogens (tertiary/aromatic N) is 2. The lowest BCUT2D eigenvalue weighted by Crippen LogP contribution is -2.39. The Morgan fingerprint density at radius 1 is 1.41 bits per heavy atom. The lowest BCUT2D eigenvalue weighted by molar-refractivity contribution is 0.0558. The second-order valence-corrected chi connectivity index (χ2v) is 4.92. The fourth-order valence-corrected chi connectivity index (χ4v) is 2.49. The van der Waals surface area contributed by atoms with E-state index < -0.39 is 5.60 Å². The molecule has 0 atom stereocenters. The van der Waals surface area contributed by atoms with Crippen molar-refractivity contribution in [3.63, 3.8) is 0 Å². The van der Waals surface area contributed by atoms with Gasteiger partial charge in [0.1, 0.15) is 11.6 Å². The molecule has 2 rings (SSSR count). The van der Waals surface area contributed by atoms with Crippen molar-refractivity contribution in [3.05, 3.63) is 18.2 Å². The largest absolute Gasteiger partial charge is 0.388 e. The average molecular weight is 235 g/mol. The third kappa shape index (κ3) is 2.88. The van der Waals surface area contributed by atoms with E-state index in [1.807, 2.05) is 37.2 Å². The van der Waals surface area contributed by atoms with Crippen LogP contribution in [0.25, 0.3) is 0 Å². The number of hydrogen-bond donors (Lipinski definition) is 2. The molecule has 0 bridgehead atoms. The number of aromatic nitrogens is 1. The van der Waals surface area contributed by atoms with Gasteiger partial charge in [-0.3, -0.25) is 0 Å². The van der Waals surface area contributed by atoms with Crippen molar-refractivity contribution in [1.82, 2.24) is 4.98 Å². The lowest BCUT2D eigenvalue weighted by Gasteiger charge is -2.29. The van der Waals surface area contributed by atoms with E-state index in [0.29, 0.717) is 6.54 Å². The van der Waals surface area contributed by atoms with Crippen LogP contribution >= 0.6 is 0 Å². The van der Waals surface area contributed by atoms with Crippen molar-refractivity contribution >= 4 is 11.6 Å². The summed E-state index contributed by atoms with van der Waals surface area (Å²) in [5.41, 5.74) is -0.522. The van der Waals surface area contributed by atoms with Gasteiger partial charge in [0.15, 0.2) is 0 Å². The normalized spacial score (nSPS) is 18.1. The first kappa shape index (κ1) is 12.2. The highest BCUT2D eigenvalue weighted by Crippen LogP contribution is 2.30. The minimum atomic E-state index is -0.522. The first-order valence-electron chi connectivity index (χ1n) is 6.21. The maximum atomic E-state index is 10.4. The molecule has 4 nitrogen and oxygen atoms in total. The highest BCUT2D eigenvalue weighted by atomic mass is 16.3. The molecular formula is C13H21N3O. The molecule has 0 aliphatic heterocycles. The van der Waals surface area contributed by atoms with Gasteiger partial charge in [-0.1, -0.05) is 18.9 Å². The summed E-state index contributed by atoms with van der Waals surface area (Å²) in [6.45, 7) is 0.660. The summed E-state index contributed by atoms with van der Waals surface area (Å²) >= 11 is 0. The first-order chi connectivity index (χ1) is 8.13. The van der Waals surface area contributed by atoms with Crippen LogP contribution in [0.1, 0.15) is 25.7 Å². The Bertz CT molecular complexity index is 375. The minimum Gasteiger partial charge on any atom is -0.388 e. The van der Waals surface area contributed by atoms with Crippen molar-refractivity contribution in [2.75, 3.05) is 30.9 Å². The number of hydrogen-bond acceptors (Lipinski definition) is 4. The van der Waals surface area contributed by atoms with E-state index in [9.17, 15) is 5.11 Å². The molecule has 1 heterocycles. The molecule has 1 fully saturated rings. The fraction of sp³-hybridized carbons (Fsp3) is 0.615. The molecule has 1 aromatic rings. The summed E-state index contributed by atoms with van der Waals surface area (Å²) in [5, 5.41) is 13.4. The molecular weight excluding hydrogens is 214 g/mol. The quantitative estimate of drug-likeness (QED) is 0.836. The van der Waals surface area contributed by atoms with E-state index >= 15 is 0 Å². The summed E-state index contributed by atoms with van der Waals surface area (Å²) < 4.78 is 0. The van der Waals surface area contributed by atoms with Crippen LogP contribution in [-0.2, 0) is 0 Å². The van der Waals surface area contributed by atoms with Gasteiger partial charge < -0.3 is 15.3 Å². The zero-order chi connectivity index (χ0) is 12.3. The van der Waals surface area contributed by atoms with E-state index in [2.05, 4.69) is 10.3 Å². The monoisotopic (exact) mass is 235 g/mol. The summed E-state index contributed by atoms with van der Waals surface area (Å²) in [6, 6.07) is 5.88. The van der Waals surface area contributed by atoms with E-state index in [-0.39, 0.29) is 0 Å². The molecule has 0 radical (unpaired) electrons. The maximum Gasteiger partial charge on any atom is 0.130 e. The molecule has 4 heteroatoms. The molecule has 2 N–H and O–H groups in total. The van der Waals surface area contributed by atoms with Crippen LogP contribution < -0.4 is 10.2 Å². The van der Waals surface area contributed by atoms with Crippen LogP contribution in [0, 0.1) is 0 Å². The van der Waals surface area contributed by atoms with Crippen molar-refractivity contribution in [2.24, 2.45) is 0 Å². The zero-order valence-corrected chi connectivity index (χ0v) is 10.6. The Morgan fingerprint density at radius 3 is 2.76 bits per heavy atom. The van der Waals surface area contributed by atoms with Gasteiger partial charge in [-0.2, -0.15) is 0 Å². The number of pyridine rings is 1. The molecule has 94 valence electrons. The van der Waals surface area contributed by atoms with Gasteiger partial charge in [-0.15, -0.1) is 0 Å². The Kier molecular flexibility index (Phi) is 3.52. The third-order valence-corrected chi connectivity index (χ3v) is 3.45. The van der Waals surface area contributed by atoms with E-state index in [1.165, 1.54) is 0 Å². The summed E-state index contributed by atoms with van der Waals surface area (Å²) in [5.74, 6) is 1.75. The Morgan fingerprint density at radius 2 is 2.12 bits per heavy atom. The van der Waals surface area contributed by atoms with Crippen LogP contribution in [0.4, 0.5) is 11.6 Å². The molecule has 1 aromatic heterocycles. The molecule has 1 aliphatic rings. The topological polar surface area (TPSA) is 48.4 Å². The van der Waals surface area contributed by atoms with Crippen LogP contribution in [0.15, 0.2) is 18.2 Å². The van der Waals surface area contributed by atoms with Crippen LogP contribution in [-0.4, -0.2) is 36.3 Å². The molecule has 1 aliphatic carbocycles. The standard InChI is InChI=1S/C13H21N3O/c1-14-11-6-5-7-12(15-11)16(2)10-13(17)8-3-4-9-13/h5-7,17H,3-4,8-10H2,1-2H3,(H,14,15). The summed E-state index contributed by atoms with van der Waals surface area (Å²) in [7, 11) is 3.84. The highest BCUT2D eigenvalue weighted by Gasteiger charge is 2.32. The minimum absolute atomic E-state index is 0.522. The van der Waals surface area contributed by atoms with Crippen LogP contribution in [0.2, 0.25) is 0 Å². The van der Waals surface area contributed by atoms with Gasteiger partial charge in [0, 0.05) is 20.6 Å². The second kappa shape index (κ2) is 4.92. The van der Waals surface area contributed by atoms with Crippen LogP contribution in [0.5, 0.6) is 0 Å².